The van der Waals surface area contributed by atoms with Crippen molar-refractivity contribution in [2.75, 3.05) is 0 Å². The molecule has 1 aromatic carbocycles. The molecule has 1 heterocycles. The zero-order valence-electron chi connectivity index (χ0n) is 11.4. The van der Waals surface area contributed by atoms with Gasteiger partial charge < -0.3 is 0 Å². The third-order valence-electron chi connectivity index (χ3n) is 3.06. The van der Waals surface area contributed by atoms with Gasteiger partial charge in [0, 0.05) is 10.7 Å². The molecule has 0 radical (unpaired) electrons. The van der Waals surface area contributed by atoms with Gasteiger partial charge >= 0.3 is 0 Å². The molecule has 2 rings (SSSR count). The third kappa shape index (κ3) is 3.21. The molecule has 0 spiro atoms. The largest absolute Gasteiger partial charge is 0.265 e. The van der Waals surface area contributed by atoms with Crippen molar-refractivity contribution in [1.82, 2.24) is 9.78 Å². The van der Waals surface area contributed by atoms with Gasteiger partial charge in [-0.2, -0.15) is 5.10 Å². The molecule has 21 heavy (non-hydrogen) atoms. The van der Waals surface area contributed by atoms with E-state index < -0.39 is 9.05 Å². The summed E-state index contributed by atoms with van der Waals surface area (Å²) in [7, 11) is 1.69. The van der Waals surface area contributed by atoms with E-state index in [1.807, 2.05) is 13.8 Å². The molecule has 114 valence electrons. The number of rotatable bonds is 4. The molecule has 0 N–H and O–H groups in total. The first-order valence-corrected chi connectivity index (χ1v) is 9.37. The van der Waals surface area contributed by atoms with Gasteiger partial charge in [-0.05, 0) is 31.0 Å². The predicted octanol–water partition coefficient (Wildman–Crippen LogP) is 4.23. The highest BCUT2D eigenvalue weighted by atomic mass is 35.7. The maximum atomic E-state index is 11.8. The Morgan fingerprint density at radius 3 is 2.29 bits per heavy atom. The maximum Gasteiger partial charge on any atom is 0.265 e. The molecule has 0 fully saturated rings. The van der Waals surface area contributed by atoms with E-state index in [4.69, 9.17) is 33.9 Å². The van der Waals surface area contributed by atoms with Crippen molar-refractivity contribution >= 4 is 42.9 Å². The van der Waals surface area contributed by atoms with Gasteiger partial charge in [0.25, 0.3) is 9.05 Å². The fraction of sp³-hybridized carbons (Fsp3) is 0.308. The van der Waals surface area contributed by atoms with Crippen LogP contribution >= 0.6 is 33.9 Å². The SMILES string of the molecule is CCc1nn(-c2ccc(Cl)c(Cl)c2)c(CC)c1S(=O)(=O)Cl. The van der Waals surface area contributed by atoms with E-state index in [1.165, 1.54) is 0 Å². The van der Waals surface area contributed by atoms with E-state index in [9.17, 15) is 8.42 Å². The zero-order chi connectivity index (χ0) is 15.8. The Kier molecular flexibility index (Phi) is 4.88. The molecule has 4 nitrogen and oxygen atoms in total. The van der Waals surface area contributed by atoms with Crippen molar-refractivity contribution in [3.05, 3.63) is 39.6 Å². The molecule has 0 unspecified atom stereocenters. The molecule has 2 aromatic rings. The molecule has 8 heteroatoms. The standard InChI is InChI=1S/C13H13Cl3N2O2S/c1-3-11-13(21(16,19)20)12(4-2)18(17-11)8-5-6-9(14)10(15)7-8/h5-7H,3-4H2,1-2H3. The number of nitrogens with zero attached hydrogens (tertiary/aromatic N) is 2. The smallest absolute Gasteiger partial charge is 0.236 e. The van der Waals surface area contributed by atoms with Crippen LogP contribution in [0.15, 0.2) is 23.1 Å². The van der Waals surface area contributed by atoms with E-state index in [1.54, 1.807) is 22.9 Å². The molecule has 0 bridgehead atoms. The molecule has 0 amide bonds. The van der Waals surface area contributed by atoms with Crippen LogP contribution in [-0.2, 0) is 21.9 Å². The first-order valence-electron chi connectivity index (χ1n) is 6.30. The van der Waals surface area contributed by atoms with Crippen LogP contribution in [0.25, 0.3) is 5.69 Å². The fourth-order valence-electron chi connectivity index (χ4n) is 2.14. The van der Waals surface area contributed by atoms with Gasteiger partial charge in [0.15, 0.2) is 0 Å². The molecule has 0 saturated carbocycles. The molecule has 0 aliphatic heterocycles. The monoisotopic (exact) mass is 366 g/mol. The normalized spacial score (nSPS) is 11.9. The molecule has 0 aliphatic rings. The lowest BCUT2D eigenvalue weighted by atomic mass is 10.2. The van der Waals surface area contributed by atoms with Crippen LogP contribution in [0.3, 0.4) is 0 Å². The Labute approximate surface area is 138 Å². The van der Waals surface area contributed by atoms with Gasteiger partial charge in [0.1, 0.15) is 4.90 Å². The summed E-state index contributed by atoms with van der Waals surface area (Å²) >= 11 is 11.9. The second-order valence-corrected chi connectivity index (χ2v) is 7.69. The van der Waals surface area contributed by atoms with Crippen LogP contribution in [0.1, 0.15) is 25.2 Å². The molecular formula is C13H13Cl3N2O2S. The van der Waals surface area contributed by atoms with Crippen LogP contribution < -0.4 is 0 Å². The summed E-state index contributed by atoms with van der Waals surface area (Å²) < 4.78 is 25.2. The van der Waals surface area contributed by atoms with Gasteiger partial charge in [-0.3, -0.25) is 0 Å². The van der Waals surface area contributed by atoms with E-state index in [0.717, 1.165) is 0 Å². The zero-order valence-corrected chi connectivity index (χ0v) is 14.5. The Bertz CT molecular complexity index is 785. The predicted molar refractivity (Wildman–Crippen MR) is 85.4 cm³/mol. The minimum absolute atomic E-state index is 0.0836. The number of benzene rings is 1. The van der Waals surface area contributed by atoms with Crippen molar-refractivity contribution in [2.24, 2.45) is 0 Å². The molecule has 0 aliphatic carbocycles. The highest BCUT2D eigenvalue weighted by Crippen LogP contribution is 2.30. The second-order valence-electron chi connectivity index (χ2n) is 4.38. The van der Waals surface area contributed by atoms with E-state index in [-0.39, 0.29) is 4.90 Å². The Morgan fingerprint density at radius 2 is 1.81 bits per heavy atom. The maximum absolute atomic E-state index is 11.8. The third-order valence-corrected chi connectivity index (χ3v) is 5.22. The summed E-state index contributed by atoms with van der Waals surface area (Å²) in [6, 6.07) is 5.01. The van der Waals surface area contributed by atoms with Crippen molar-refractivity contribution < 1.29 is 8.42 Å². The summed E-state index contributed by atoms with van der Waals surface area (Å²) in [5, 5.41) is 5.16. The number of hydrogen-bond acceptors (Lipinski definition) is 3. The van der Waals surface area contributed by atoms with Crippen molar-refractivity contribution in [3.8, 4) is 5.69 Å². The lowest BCUT2D eigenvalue weighted by Gasteiger charge is -2.07. The summed E-state index contributed by atoms with van der Waals surface area (Å²) in [5.41, 5.74) is 1.61. The van der Waals surface area contributed by atoms with E-state index in [2.05, 4.69) is 5.10 Å². The van der Waals surface area contributed by atoms with Crippen LogP contribution in [0.5, 0.6) is 0 Å². The molecule has 0 saturated heterocycles. The lowest BCUT2D eigenvalue weighted by Crippen LogP contribution is -2.03. The van der Waals surface area contributed by atoms with Gasteiger partial charge in [-0.1, -0.05) is 37.0 Å². The highest BCUT2D eigenvalue weighted by molar-refractivity contribution is 8.13. The number of aromatic nitrogens is 2. The minimum atomic E-state index is -3.86. The van der Waals surface area contributed by atoms with Crippen LogP contribution in [0.2, 0.25) is 10.0 Å². The molecular weight excluding hydrogens is 355 g/mol. The molecule has 1 aromatic heterocycles. The Balaban J connectivity index is 2.75. The highest BCUT2D eigenvalue weighted by Gasteiger charge is 2.26. The lowest BCUT2D eigenvalue weighted by molar-refractivity contribution is 0.607. The summed E-state index contributed by atoms with van der Waals surface area (Å²) in [4.78, 5) is 0.0836. The fourth-order valence-corrected chi connectivity index (χ4v) is 3.95. The first-order chi connectivity index (χ1) is 9.79. The average Bonchev–Trinajstić information content (AvgIpc) is 2.80. The van der Waals surface area contributed by atoms with E-state index in [0.29, 0.717) is 40.0 Å². The minimum Gasteiger partial charge on any atom is -0.236 e. The van der Waals surface area contributed by atoms with Gasteiger partial charge in [-0.25, -0.2) is 13.1 Å². The van der Waals surface area contributed by atoms with Crippen molar-refractivity contribution in [1.29, 1.82) is 0 Å². The van der Waals surface area contributed by atoms with Crippen LogP contribution in [0.4, 0.5) is 0 Å². The van der Waals surface area contributed by atoms with Gasteiger partial charge in [0.05, 0.1) is 27.1 Å². The first kappa shape index (κ1) is 16.6. The summed E-state index contributed by atoms with van der Waals surface area (Å²) in [5.74, 6) is 0. The van der Waals surface area contributed by atoms with Gasteiger partial charge in [0.2, 0.25) is 0 Å². The summed E-state index contributed by atoms with van der Waals surface area (Å²) in [6.07, 6.45) is 0.928. The van der Waals surface area contributed by atoms with Crippen LogP contribution in [0, 0.1) is 0 Å². The number of aryl methyl sites for hydroxylation is 1. The van der Waals surface area contributed by atoms with Crippen molar-refractivity contribution in [2.45, 2.75) is 31.6 Å². The quantitative estimate of drug-likeness (QED) is 0.760. The molecule has 0 atom stereocenters. The van der Waals surface area contributed by atoms with Gasteiger partial charge in [-0.15, -0.1) is 0 Å². The van der Waals surface area contributed by atoms with Crippen molar-refractivity contribution in [3.63, 3.8) is 0 Å². The number of hydrogen-bond donors (Lipinski definition) is 0. The topological polar surface area (TPSA) is 52.0 Å². The summed E-state index contributed by atoms with van der Waals surface area (Å²) in [6.45, 7) is 3.67. The Hall–Kier alpha value is -0.750. The average molecular weight is 368 g/mol. The van der Waals surface area contributed by atoms with Crippen LogP contribution in [-0.4, -0.2) is 18.2 Å². The number of halogens is 3. The van der Waals surface area contributed by atoms with E-state index >= 15 is 0 Å². The second kappa shape index (κ2) is 6.16. The Morgan fingerprint density at radius 1 is 1.14 bits per heavy atom.